The number of aliphatic hydroxyl groups is 1. The lowest BCUT2D eigenvalue weighted by Crippen LogP contribution is -2.52. The van der Waals surface area contributed by atoms with Crippen LogP contribution in [0.5, 0.6) is 0 Å². The molecule has 7 N–H and O–H groups in total. The number of pyridine rings is 1. The van der Waals surface area contributed by atoms with Gasteiger partial charge < -0.3 is 22.3 Å². The molecule has 0 aliphatic heterocycles. The van der Waals surface area contributed by atoms with Gasteiger partial charge in [-0.15, -0.1) is 0 Å². The number of nitrogen functional groups attached to an aromatic ring is 1. The van der Waals surface area contributed by atoms with Gasteiger partial charge in [0.15, 0.2) is 5.82 Å². The Balaban J connectivity index is 1.69. The normalized spacial score (nSPS) is 19.9. The van der Waals surface area contributed by atoms with E-state index < -0.39 is 35.1 Å². The van der Waals surface area contributed by atoms with E-state index in [1.807, 2.05) is 0 Å². The minimum absolute atomic E-state index is 0.0957. The van der Waals surface area contributed by atoms with Crippen molar-refractivity contribution in [3.63, 3.8) is 0 Å². The molecule has 4 aromatic rings. The van der Waals surface area contributed by atoms with Gasteiger partial charge in [0.1, 0.15) is 45.6 Å². The molecule has 0 bridgehead atoms. The highest BCUT2D eigenvalue weighted by Crippen LogP contribution is 2.41. The predicted molar refractivity (Wildman–Crippen MR) is 119 cm³/mol. The topological polar surface area (TPSA) is 146 Å². The molecule has 1 amide bonds. The summed E-state index contributed by atoms with van der Waals surface area (Å²) in [5, 5.41) is 14.3. The second kappa shape index (κ2) is 7.54. The Morgan fingerprint density at radius 2 is 1.76 bits per heavy atom. The predicted octanol–water partition coefficient (Wildman–Crippen LogP) is 2.85. The lowest BCUT2D eigenvalue weighted by Gasteiger charge is -2.40. The number of amides is 1. The Hall–Kier alpha value is -3.96. The maximum atomic E-state index is 15.7. The number of carbonyl (C=O) groups excluding carboxylic acids is 1. The molecule has 0 atom stereocenters. The van der Waals surface area contributed by atoms with E-state index in [4.69, 9.17) is 17.2 Å². The maximum absolute atomic E-state index is 15.7. The Bertz CT molecular complexity index is 1480. The molecule has 0 radical (unpaired) electrons. The molecule has 34 heavy (non-hydrogen) atoms. The van der Waals surface area contributed by atoms with Gasteiger partial charge in [0.2, 0.25) is 0 Å². The number of aromatic nitrogens is 3. The average Bonchev–Trinajstić information content (AvgIpc) is 3.09. The zero-order chi connectivity index (χ0) is 24.4. The van der Waals surface area contributed by atoms with Crippen LogP contribution < -0.4 is 17.2 Å². The summed E-state index contributed by atoms with van der Waals surface area (Å²) in [4.78, 5) is 16.2. The first-order valence-electron chi connectivity index (χ1n) is 10.3. The molecule has 1 fully saturated rings. The van der Waals surface area contributed by atoms with Crippen LogP contribution >= 0.6 is 0 Å². The largest absolute Gasteiger partial charge is 0.383 e. The van der Waals surface area contributed by atoms with Crippen molar-refractivity contribution in [2.75, 3.05) is 5.73 Å². The van der Waals surface area contributed by atoms with Gasteiger partial charge in [-0.3, -0.25) is 4.79 Å². The summed E-state index contributed by atoms with van der Waals surface area (Å²) in [7, 11) is 0. The Labute approximate surface area is 190 Å². The molecular weight excluding hydrogens is 449 g/mol. The van der Waals surface area contributed by atoms with E-state index in [9.17, 15) is 18.7 Å². The molecule has 174 valence electrons. The number of carbonyl (C=O) groups is 1. The molecule has 1 saturated carbocycles. The van der Waals surface area contributed by atoms with E-state index >= 15 is 4.39 Å². The molecule has 2 heterocycles. The molecule has 0 spiro atoms. The quantitative estimate of drug-likeness (QED) is 0.339. The summed E-state index contributed by atoms with van der Waals surface area (Å²) < 4.78 is 45.9. The van der Waals surface area contributed by atoms with Crippen molar-refractivity contribution in [2.24, 2.45) is 11.5 Å². The lowest BCUT2D eigenvalue weighted by atomic mass is 9.83. The highest BCUT2D eigenvalue weighted by atomic mass is 19.1. The number of hydrogen-bond donors (Lipinski definition) is 4. The van der Waals surface area contributed by atoms with Crippen LogP contribution in [-0.2, 0) is 0 Å². The van der Waals surface area contributed by atoms with Crippen molar-refractivity contribution in [2.45, 2.75) is 24.6 Å². The van der Waals surface area contributed by atoms with Gasteiger partial charge in [0, 0.05) is 29.4 Å². The number of hydrogen-bond acceptors (Lipinski definition) is 6. The van der Waals surface area contributed by atoms with Gasteiger partial charge in [-0.05, 0) is 24.3 Å². The number of nitrogens with two attached hydrogens (primary N) is 3. The molecule has 2 aromatic heterocycles. The van der Waals surface area contributed by atoms with Crippen LogP contribution in [0.1, 0.15) is 29.2 Å². The second-order valence-corrected chi connectivity index (χ2v) is 8.38. The molecule has 5 rings (SSSR count). The van der Waals surface area contributed by atoms with E-state index in [1.54, 1.807) is 0 Å². The molecule has 0 unspecified atom stereocenters. The SMILES string of the molecule is NC(=O)c1c(-c2ccc3cc(F)c(-c4ccccc4F)nc3c2F)nn(C2CC(N)(O)C2)c1N. The van der Waals surface area contributed by atoms with E-state index in [1.165, 1.54) is 35.0 Å². The minimum atomic E-state index is -1.39. The molecule has 0 saturated heterocycles. The lowest BCUT2D eigenvalue weighted by molar-refractivity contribution is -0.0643. The number of anilines is 1. The second-order valence-electron chi connectivity index (χ2n) is 8.38. The number of fused-ring (bicyclic) bond motifs is 1. The Morgan fingerprint density at radius 3 is 2.41 bits per heavy atom. The molecule has 11 heteroatoms. The van der Waals surface area contributed by atoms with Crippen molar-refractivity contribution in [1.82, 2.24) is 14.8 Å². The van der Waals surface area contributed by atoms with Gasteiger partial charge in [-0.2, -0.15) is 5.10 Å². The van der Waals surface area contributed by atoms with Gasteiger partial charge in [0.25, 0.3) is 5.91 Å². The maximum Gasteiger partial charge on any atom is 0.254 e. The number of halogens is 3. The number of rotatable bonds is 4. The van der Waals surface area contributed by atoms with Crippen LogP contribution in [0.25, 0.3) is 33.4 Å². The molecular formula is C23H19F3N6O2. The molecule has 8 nitrogen and oxygen atoms in total. The van der Waals surface area contributed by atoms with Crippen LogP contribution in [-0.4, -0.2) is 31.5 Å². The van der Waals surface area contributed by atoms with Crippen LogP contribution in [0, 0.1) is 17.5 Å². The van der Waals surface area contributed by atoms with Crippen molar-refractivity contribution in [1.29, 1.82) is 0 Å². The first-order valence-corrected chi connectivity index (χ1v) is 10.3. The third kappa shape index (κ3) is 3.37. The van der Waals surface area contributed by atoms with E-state index in [0.717, 1.165) is 12.1 Å². The summed E-state index contributed by atoms with van der Waals surface area (Å²) in [6, 6.07) is 8.77. The smallest absolute Gasteiger partial charge is 0.254 e. The van der Waals surface area contributed by atoms with Crippen LogP contribution in [0.2, 0.25) is 0 Å². The summed E-state index contributed by atoms with van der Waals surface area (Å²) in [5.41, 5.74) is 14.6. The van der Waals surface area contributed by atoms with Gasteiger partial charge >= 0.3 is 0 Å². The third-order valence-corrected chi connectivity index (χ3v) is 5.98. The molecule has 1 aliphatic carbocycles. The first-order chi connectivity index (χ1) is 16.1. The van der Waals surface area contributed by atoms with Crippen LogP contribution in [0.4, 0.5) is 19.0 Å². The molecule has 1 aliphatic rings. The molecule has 2 aromatic carbocycles. The van der Waals surface area contributed by atoms with Crippen molar-refractivity contribution in [3.8, 4) is 22.5 Å². The Kier molecular flexibility index (Phi) is 4.85. The summed E-state index contributed by atoms with van der Waals surface area (Å²) in [6.45, 7) is 0. The van der Waals surface area contributed by atoms with Crippen molar-refractivity contribution in [3.05, 3.63) is 65.5 Å². The summed E-state index contributed by atoms with van der Waals surface area (Å²) >= 11 is 0. The number of primary amides is 1. The van der Waals surface area contributed by atoms with E-state index in [2.05, 4.69) is 10.1 Å². The standard InChI is InChI=1S/C23H19F3N6O2/c24-14-4-2-1-3-12(14)19-15(25)7-10-5-6-13(17(26)18(10)30-19)20-16(22(28)33)21(27)32(31-20)11-8-23(29,34)9-11/h1-7,11,34H,8-9,27,29H2,(H2,28,33). The van der Waals surface area contributed by atoms with E-state index in [-0.39, 0.29) is 57.6 Å². The highest BCUT2D eigenvalue weighted by molar-refractivity contribution is 6.04. The zero-order valence-corrected chi connectivity index (χ0v) is 17.6. The number of benzene rings is 2. The van der Waals surface area contributed by atoms with Gasteiger partial charge in [-0.25, -0.2) is 22.8 Å². The number of nitrogens with zero attached hydrogens (tertiary/aromatic N) is 3. The average molecular weight is 468 g/mol. The van der Waals surface area contributed by atoms with Crippen molar-refractivity contribution < 1.29 is 23.1 Å². The highest BCUT2D eigenvalue weighted by Gasteiger charge is 2.42. The Morgan fingerprint density at radius 1 is 1.06 bits per heavy atom. The van der Waals surface area contributed by atoms with Crippen LogP contribution in [0.15, 0.2) is 42.5 Å². The summed E-state index contributed by atoms with van der Waals surface area (Å²) in [5.74, 6) is -3.48. The fourth-order valence-corrected chi connectivity index (χ4v) is 4.29. The van der Waals surface area contributed by atoms with Gasteiger partial charge in [0.05, 0.1) is 6.04 Å². The first kappa shape index (κ1) is 21.9. The van der Waals surface area contributed by atoms with Gasteiger partial charge in [-0.1, -0.05) is 18.2 Å². The third-order valence-electron chi connectivity index (χ3n) is 5.98. The fourth-order valence-electron chi connectivity index (χ4n) is 4.29. The summed E-state index contributed by atoms with van der Waals surface area (Å²) in [6.07, 6.45) is 0.257. The van der Waals surface area contributed by atoms with E-state index in [0.29, 0.717) is 0 Å². The van der Waals surface area contributed by atoms with Crippen molar-refractivity contribution >= 4 is 22.6 Å². The monoisotopic (exact) mass is 468 g/mol. The zero-order valence-electron chi connectivity index (χ0n) is 17.6. The fraction of sp³-hybridized carbons (Fsp3) is 0.174. The minimum Gasteiger partial charge on any atom is -0.383 e. The van der Waals surface area contributed by atoms with Crippen LogP contribution in [0.3, 0.4) is 0 Å².